The van der Waals surface area contributed by atoms with Gasteiger partial charge in [0.1, 0.15) is 11.6 Å². The Hall–Kier alpha value is -2.66. The maximum atomic E-state index is 4.80. The number of fused-ring (bicyclic) bond motifs is 2. The van der Waals surface area contributed by atoms with E-state index >= 15 is 0 Å². The maximum absolute atomic E-state index is 4.80. The average Bonchev–Trinajstić information content (AvgIpc) is 3.30. The molecule has 2 N–H and O–H groups in total. The van der Waals surface area contributed by atoms with Crippen molar-refractivity contribution in [3.05, 3.63) is 60.2 Å². The van der Waals surface area contributed by atoms with E-state index in [-0.39, 0.29) is 0 Å². The Morgan fingerprint density at radius 1 is 0.741 bits per heavy atom. The van der Waals surface area contributed by atoms with Gasteiger partial charge in [-0.1, -0.05) is 43.5 Å². The Balaban J connectivity index is 1.42. The molecule has 0 aliphatic heterocycles. The molecule has 5 nitrogen and oxygen atoms in total. The molecule has 0 radical (unpaired) electrons. The summed E-state index contributed by atoms with van der Waals surface area (Å²) in [6, 6.07) is 17.1. The first-order valence-electron chi connectivity index (χ1n) is 9.96. The van der Waals surface area contributed by atoms with Crippen molar-refractivity contribution in [3.8, 4) is 0 Å². The van der Waals surface area contributed by atoms with E-state index in [4.69, 9.17) is 9.97 Å². The third-order valence-electron chi connectivity index (χ3n) is 5.67. The van der Waals surface area contributed by atoms with Crippen molar-refractivity contribution in [3.63, 3.8) is 0 Å². The Labute approximate surface area is 158 Å². The van der Waals surface area contributed by atoms with Gasteiger partial charge >= 0.3 is 0 Å². The summed E-state index contributed by atoms with van der Waals surface area (Å²) in [4.78, 5) is 19.1. The summed E-state index contributed by atoms with van der Waals surface area (Å²) in [5.41, 5.74) is 4.30. The van der Waals surface area contributed by atoms with Crippen LogP contribution in [0.2, 0.25) is 0 Å². The van der Waals surface area contributed by atoms with Crippen molar-refractivity contribution < 1.29 is 0 Å². The van der Waals surface area contributed by atoms with Gasteiger partial charge in [-0.15, -0.1) is 0 Å². The molecular formula is C22H25N5. The monoisotopic (exact) mass is 359 g/mol. The van der Waals surface area contributed by atoms with Crippen LogP contribution in [-0.4, -0.2) is 30.9 Å². The molecule has 1 aliphatic rings. The molecular weight excluding hydrogens is 334 g/mol. The highest BCUT2D eigenvalue weighted by molar-refractivity contribution is 5.75. The largest absolute Gasteiger partial charge is 0.341 e. The third kappa shape index (κ3) is 3.47. The maximum Gasteiger partial charge on any atom is 0.121 e. The zero-order valence-electron chi connectivity index (χ0n) is 15.5. The highest BCUT2D eigenvalue weighted by atomic mass is 15.2. The summed E-state index contributed by atoms with van der Waals surface area (Å²) in [6.45, 7) is 1.66. The van der Waals surface area contributed by atoms with Gasteiger partial charge in [0, 0.05) is 6.04 Å². The highest BCUT2D eigenvalue weighted by Gasteiger charge is 2.23. The van der Waals surface area contributed by atoms with E-state index in [0.29, 0.717) is 6.04 Å². The molecule has 2 aromatic heterocycles. The number of hydrogen-bond donors (Lipinski definition) is 2. The number of imidazole rings is 2. The van der Waals surface area contributed by atoms with Crippen molar-refractivity contribution in [2.24, 2.45) is 0 Å². The van der Waals surface area contributed by atoms with E-state index in [1.807, 2.05) is 12.1 Å². The normalized spacial score (nSPS) is 15.9. The van der Waals surface area contributed by atoms with Crippen LogP contribution in [0.5, 0.6) is 0 Å². The van der Waals surface area contributed by atoms with Crippen LogP contribution in [-0.2, 0) is 13.1 Å². The molecule has 4 aromatic rings. The Bertz CT molecular complexity index is 899. The van der Waals surface area contributed by atoms with E-state index in [2.05, 4.69) is 51.3 Å². The Morgan fingerprint density at radius 3 is 1.78 bits per heavy atom. The molecule has 5 heteroatoms. The lowest BCUT2D eigenvalue weighted by Gasteiger charge is -2.33. The molecule has 1 saturated carbocycles. The van der Waals surface area contributed by atoms with E-state index in [9.17, 15) is 0 Å². The lowest BCUT2D eigenvalue weighted by molar-refractivity contribution is 0.134. The molecule has 5 rings (SSSR count). The minimum Gasteiger partial charge on any atom is -0.341 e. The Kier molecular flexibility index (Phi) is 4.38. The molecule has 0 amide bonds. The predicted octanol–water partition coefficient (Wildman–Crippen LogP) is 4.77. The number of benzene rings is 2. The molecule has 0 unspecified atom stereocenters. The van der Waals surface area contributed by atoms with Gasteiger partial charge < -0.3 is 9.97 Å². The fourth-order valence-corrected chi connectivity index (χ4v) is 4.31. The zero-order valence-corrected chi connectivity index (χ0v) is 15.5. The molecule has 0 atom stereocenters. The topological polar surface area (TPSA) is 60.6 Å². The van der Waals surface area contributed by atoms with Crippen molar-refractivity contribution in [1.82, 2.24) is 24.8 Å². The number of hydrogen-bond acceptors (Lipinski definition) is 3. The van der Waals surface area contributed by atoms with Crippen LogP contribution in [0.1, 0.15) is 43.8 Å². The smallest absolute Gasteiger partial charge is 0.121 e. The van der Waals surface area contributed by atoms with Crippen LogP contribution < -0.4 is 0 Å². The van der Waals surface area contributed by atoms with Crippen LogP contribution in [0.3, 0.4) is 0 Å². The van der Waals surface area contributed by atoms with Crippen LogP contribution in [0, 0.1) is 0 Å². The molecule has 0 saturated heterocycles. The minimum absolute atomic E-state index is 0.597. The van der Waals surface area contributed by atoms with Crippen LogP contribution in [0.4, 0.5) is 0 Å². The highest BCUT2D eigenvalue weighted by Crippen LogP contribution is 2.26. The molecule has 2 aromatic carbocycles. The summed E-state index contributed by atoms with van der Waals surface area (Å²) in [6.07, 6.45) is 6.53. The lowest BCUT2D eigenvalue weighted by Crippen LogP contribution is -2.36. The summed E-state index contributed by atoms with van der Waals surface area (Å²) in [7, 11) is 0. The van der Waals surface area contributed by atoms with E-state index in [1.165, 1.54) is 32.1 Å². The quantitative estimate of drug-likeness (QED) is 0.539. The summed E-state index contributed by atoms with van der Waals surface area (Å²) < 4.78 is 0. The number of para-hydroxylation sites is 4. The molecule has 1 aliphatic carbocycles. The number of H-pyrrole nitrogens is 2. The van der Waals surface area contributed by atoms with Crippen molar-refractivity contribution in [2.45, 2.75) is 51.2 Å². The second kappa shape index (κ2) is 7.16. The summed E-state index contributed by atoms with van der Waals surface area (Å²) in [5.74, 6) is 2.08. The van der Waals surface area contributed by atoms with Gasteiger partial charge in [-0.05, 0) is 37.1 Å². The Morgan fingerprint density at radius 2 is 1.26 bits per heavy atom. The lowest BCUT2D eigenvalue weighted by atomic mass is 9.94. The van der Waals surface area contributed by atoms with Gasteiger partial charge in [-0.2, -0.15) is 0 Å². The summed E-state index contributed by atoms with van der Waals surface area (Å²) in [5, 5.41) is 0. The first-order chi connectivity index (χ1) is 13.3. The van der Waals surface area contributed by atoms with Crippen LogP contribution in [0.25, 0.3) is 22.1 Å². The predicted molar refractivity (Wildman–Crippen MR) is 108 cm³/mol. The van der Waals surface area contributed by atoms with Crippen LogP contribution >= 0.6 is 0 Å². The molecule has 2 heterocycles. The van der Waals surface area contributed by atoms with Gasteiger partial charge in [0.05, 0.1) is 35.2 Å². The van der Waals surface area contributed by atoms with Gasteiger partial charge in [0.2, 0.25) is 0 Å². The molecule has 1 fully saturated rings. The zero-order chi connectivity index (χ0) is 18.1. The number of rotatable bonds is 5. The molecule has 0 spiro atoms. The number of aromatic nitrogens is 4. The molecule has 0 bridgehead atoms. The minimum atomic E-state index is 0.597. The van der Waals surface area contributed by atoms with Gasteiger partial charge in [-0.25, -0.2) is 9.97 Å². The first-order valence-corrected chi connectivity index (χ1v) is 9.96. The second-order valence-corrected chi connectivity index (χ2v) is 7.60. The van der Waals surface area contributed by atoms with Gasteiger partial charge in [0.15, 0.2) is 0 Å². The fraction of sp³-hybridized carbons (Fsp3) is 0.364. The van der Waals surface area contributed by atoms with Gasteiger partial charge in [-0.3, -0.25) is 4.90 Å². The van der Waals surface area contributed by atoms with Crippen LogP contribution in [0.15, 0.2) is 48.5 Å². The summed E-state index contributed by atoms with van der Waals surface area (Å²) >= 11 is 0. The van der Waals surface area contributed by atoms with E-state index in [1.54, 1.807) is 0 Å². The van der Waals surface area contributed by atoms with Crippen molar-refractivity contribution in [2.75, 3.05) is 0 Å². The van der Waals surface area contributed by atoms with E-state index in [0.717, 1.165) is 46.8 Å². The van der Waals surface area contributed by atoms with E-state index < -0.39 is 0 Å². The fourth-order valence-electron chi connectivity index (χ4n) is 4.31. The second-order valence-electron chi connectivity index (χ2n) is 7.60. The SMILES string of the molecule is c1ccc2[nH]c(CN(Cc3nc4ccccc4[nH]3)C3CCCCC3)nc2c1. The van der Waals surface area contributed by atoms with Gasteiger partial charge in [0.25, 0.3) is 0 Å². The molecule has 27 heavy (non-hydrogen) atoms. The van der Waals surface area contributed by atoms with Crippen molar-refractivity contribution >= 4 is 22.1 Å². The number of nitrogens with zero attached hydrogens (tertiary/aromatic N) is 3. The number of nitrogens with one attached hydrogen (secondary N) is 2. The number of aromatic amines is 2. The third-order valence-corrected chi connectivity index (χ3v) is 5.67. The average molecular weight is 359 g/mol. The standard InChI is InChI=1S/C22H25N5/c1-2-8-16(9-3-1)27(14-21-23-17-10-4-5-11-18(17)24-21)15-22-25-19-12-6-7-13-20(19)26-22/h4-7,10-13,16H,1-3,8-9,14-15H2,(H,23,24)(H,25,26). The van der Waals surface area contributed by atoms with Crippen molar-refractivity contribution in [1.29, 1.82) is 0 Å². The first kappa shape index (κ1) is 16.5. The molecule has 138 valence electrons.